The lowest BCUT2D eigenvalue weighted by molar-refractivity contribution is -0.385. The third-order valence-corrected chi connectivity index (χ3v) is 2.54. The van der Waals surface area contributed by atoms with Crippen LogP contribution in [-0.4, -0.2) is 27.9 Å². The van der Waals surface area contributed by atoms with Crippen LogP contribution < -0.4 is 11.1 Å². The molecule has 0 aliphatic rings. The molecule has 0 fully saturated rings. The molecule has 0 aromatic heterocycles. The van der Waals surface area contributed by atoms with Gasteiger partial charge in [-0.25, -0.2) is 0 Å². The standard InChI is InChI=1S/C11H13N3O5/c1-6(11(16)17)13-5-8-3-2-7(10(12)15)4-9(8)14(18)19/h2-4,6,13H,5H2,1H3,(H2,12,15)(H,16,17)/t6-/m0/s1. The largest absolute Gasteiger partial charge is 0.480 e. The zero-order chi connectivity index (χ0) is 14.6. The average Bonchev–Trinajstić information content (AvgIpc) is 2.35. The van der Waals surface area contributed by atoms with Gasteiger partial charge in [0.2, 0.25) is 5.91 Å². The van der Waals surface area contributed by atoms with Crippen LogP contribution >= 0.6 is 0 Å². The van der Waals surface area contributed by atoms with E-state index in [1.807, 2.05) is 0 Å². The average molecular weight is 267 g/mol. The molecule has 1 rings (SSSR count). The number of hydrogen-bond acceptors (Lipinski definition) is 5. The fraction of sp³-hybridized carbons (Fsp3) is 0.273. The van der Waals surface area contributed by atoms with Crippen LogP contribution in [0.4, 0.5) is 5.69 Å². The molecule has 0 aliphatic carbocycles. The molecule has 8 nitrogen and oxygen atoms in total. The Balaban J connectivity index is 2.97. The molecule has 0 bridgehead atoms. The van der Waals surface area contributed by atoms with Crippen LogP contribution in [0.3, 0.4) is 0 Å². The molecule has 0 radical (unpaired) electrons. The maximum atomic E-state index is 10.9. The molecule has 102 valence electrons. The maximum absolute atomic E-state index is 10.9. The van der Waals surface area contributed by atoms with Crippen molar-refractivity contribution in [1.82, 2.24) is 5.32 Å². The van der Waals surface area contributed by atoms with E-state index in [1.54, 1.807) is 0 Å². The van der Waals surface area contributed by atoms with Gasteiger partial charge in [0, 0.05) is 23.7 Å². The normalized spacial score (nSPS) is 11.8. The number of carboxylic acid groups (broad SMARTS) is 1. The molecule has 0 aliphatic heterocycles. The number of nitro benzene ring substituents is 1. The number of benzene rings is 1. The van der Waals surface area contributed by atoms with Crippen molar-refractivity contribution in [2.45, 2.75) is 19.5 Å². The van der Waals surface area contributed by atoms with E-state index in [0.717, 1.165) is 6.07 Å². The van der Waals surface area contributed by atoms with Gasteiger partial charge in [0.05, 0.1) is 4.92 Å². The molecule has 0 saturated heterocycles. The predicted octanol–water partition coefficient (Wildman–Crippen LogP) is 0.256. The Bertz CT molecular complexity index is 529. The summed E-state index contributed by atoms with van der Waals surface area (Å²) in [5.41, 5.74) is 5.07. The Morgan fingerprint density at radius 1 is 1.53 bits per heavy atom. The highest BCUT2D eigenvalue weighted by molar-refractivity contribution is 5.93. The quantitative estimate of drug-likeness (QED) is 0.499. The van der Waals surface area contributed by atoms with Gasteiger partial charge in [0.25, 0.3) is 5.69 Å². The number of nitrogens with two attached hydrogens (primary N) is 1. The summed E-state index contributed by atoms with van der Waals surface area (Å²) < 4.78 is 0. The van der Waals surface area contributed by atoms with Gasteiger partial charge in [0.15, 0.2) is 0 Å². The molecule has 0 spiro atoms. The second-order valence-electron chi connectivity index (χ2n) is 3.91. The lowest BCUT2D eigenvalue weighted by atomic mass is 10.1. The zero-order valence-electron chi connectivity index (χ0n) is 10.1. The Labute approximate surface area is 108 Å². The molecular weight excluding hydrogens is 254 g/mol. The first kappa shape index (κ1) is 14.6. The molecule has 8 heteroatoms. The summed E-state index contributed by atoms with van der Waals surface area (Å²) >= 11 is 0. The van der Waals surface area contributed by atoms with Crippen molar-refractivity contribution in [3.63, 3.8) is 0 Å². The molecule has 1 amide bonds. The van der Waals surface area contributed by atoms with Crippen molar-refractivity contribution < 1.29 is 19.6 Å². The summed E-state index contributed by atoms with van der Waals surface area (Å²) in [6, 6.07) is 2.97. The lowest BCUT2D eigenvalue weighted by Crippen LogP contribution is -2.33. The Kier molecular flexibility index (Phi) is 4.54. The number of nitrogens with one attached hydrogen (secondary N) is 1. The first-order chi connectivity index (χ1) is 8.82. The van der Waals surface area contributed by atoms with E-state index in [0.29, 0.717) is 0 Å². The fourth-order valence-electron chi connectivity index (χ4n) is 1.39. The second-order valence-corrected chi connectivity index (χ2v) is 3.91. The number of carbonyl (C=O) groups is 2. The van der Waals surface area contributed by atoms with Gasteiger partial charge in [-0.1, -0.05) is 6.07 Å². The summed E-state index contributed by atoms with van der Waals surface area (Å²) in [4.78, 5) is 31.8. The van der Waals surface area contributed by atoms with E-state index in [1.165, 1.54) is 19.1 Å². The number of rotatable bonds is 6. The Hall–Kier alpha value is -2.48. The van der Waals surface area contributed by atoms with E-state index in [4.69, 9.17) is 10.8 Å². The first-order valence-electron chi connectivity index (χ1n) is 5.36. The van der Waals surface area contributed by atoms with Crippen LogP contribution in [0.1, 0.15) is 22.8 Å². The summed E-state index contributed by atoms with van der Waals surface area (Å²) in [5.74, 6) is -1.82. The van der Waals surface area contributed by atoms with Crippen LogP contribution in [0.2, 0.25) is 0 Å². The summed E-state index contributed by atoms with van der Waals surface area (Å²) in [7, 11) is 0. The number of carbonyl (C=O) groups excluding carboxylic acids is 1. The van der Waals surface area contributed by atoms with E-state index >= 15 is 0 Å². The first-order valence-corrected chi connectivity index (χ1v) is 5.36. The maximum Gasteiger partial charge on any atom is 0.320 e. The number of nitro groups is 1. The molecule has 0 heterocycles. The summed E-state index contributed by atoms with van der Waals surface area (Å²) in [6.45, 7) is 1.43. The number of nitrogens with zero attached hydrogens (tertiary/aromatic N) is 1. The highest BCUT2D eigenvalue weighted by atomic mass is 16.6. The van der Waals surface area contributed by atoms with Crippen molar-refractivity contribution in [1.29, 1.82) is 0 Å². The minimum atomic E-state index is -1.06. The van der Waals surface area contributed by atoms with Gasteiger partial charge < -0.3 is 16.2 Å². The SMILES string of the molecule is C[C@H](NCc1ccc(C(N)=O)cc1[N+](=O)[O-])C(=O)O. The van der Waals surface area contributed by atoms with Crippen molar-refractivity contribution in [2.75, 3.05) is 0 Å². The number of aliphatic carboxylic acids is 1. The van der Waals surface area contributed by atoms with Crippen molar-refractivity contribution >= 4 is 17.6 Å². The van der Waals surface area contributed by atoms with Gasteiger partial charge >= 0.3 is 5.97 Å². The van der Waals surface area contributed by atoms with E-state index in [9.17, 15) is 19.7 Å². The molecule has 0 saturated carbocycles. The van der Waals surface area contributed by atoms with Crippen LogP contribution in [0.15, 0.2) is 18.2 Å². The van der Waals surface area contributed by atoms with Crippen LogP contribution in [0.25, 0.3) is 0 Å². The fourth-order valence-corrected chi connectivity index (χ4v) is 1.39. The lowest BCUT2D eigenvalue weighted by Gasteiger charge is -2.09. The second kappa shape index (κ2) is 5.91. The van der Waals surface area contributed by atoms with Crippen molar-refractivity contribution in [3.8, 4) is 0 Å². The molecule has 19 heavy (non-hydrogen) atoms. The van der Waals surface area contributed by atoms with Gasteiger partial charge in [-0.05, 0) is 13.0 Å². The number of carboxylic acids is 1. The topological polar surface area (TPSA) is 136 Å². The van der Waals surface area contributed by atoms with Crippen LogP contribution in [0.5, 0.6) is 0 Å². The van der Waals surface area contributed by atoms with E-state index in [2.05, 4.69) is 5.32 Å². The number of hydrogen-bond donors (Lipinski definition) is 3. The minimum Gasteiger partial charge on any atom is -0.480 e. The third kappa shape index (κ3) is 3.75. The van der Waals surface area contributed by atoms with Gasteiger partial charge in [-0.2, -0.15) is 0 Å². The monoisotopic (exact) mass is 267 g/mol. The summed E-state index contributed by atoms with van der Waals surface area (Å²) in [6.07, 6.45) is 0. The highest BCUT2D eigenvalue weighted by Crippen LogP contribution is 2.20. The molecule has 0 unspecified atom stereocenters. The highest BCUT2D eigenvalue weighted by Gasteiger charge is 2.18. The molecule has 1 atom stereocenters. The Morgan fingerprint density at radius 3 is 2.63 bits per heavy atom. The molecule has 1 aromatic rings. The molecule has 4 N–H and O–H groups in total. The van der Waals surface area contributed by atoms with E-state index < -0.39 is 22.8 Å². The van der Waals surface area contributed by atoms with Gasteiger partial charge in [0.1, 0.15) is 6.04 Å². The molecular formula is C11H13N3O5. The zero-order valence-corrected chi connectivity index (χ0v) is 10.1. The van der Waals surface area contributed by atoms with Crippen molar-refractivity contribution in [3.05, 3.63) is 39.4 Å². The summed E-state index contributed by atoms with van der Waals surface area (Å²) in [5, 5.41) is 22.2. The Morgan fingerprint density at radius 2 is 2.16 bits per heavy atom. The predicted molar refractivity (Wildman–Crippen MR) is 65.6 cm³/mol. The number of amides is 1. The van der Waals surface area contributed by atoms with E-state index in [-0.39, 0.29) is 23.4 Å². The minimum absolute atomic E-state index is 0.00280. The van der Waals surface area contributed by atoms with Crippen molar-refractivity contribution in [2.24, 2.45) is 5.73 Å². The number of primary amides is 1. The van der Waals surface area contributed by atoms with Crippen LogP contribution in [-0.2, 0) is 11.3 Å². The van der Waals surface area contributed by atoms with Gasteiger partial charge in [-0.3, -0.25) is 19.7 Å². The van der Waals surface area contributed by atoms with Crippen LogP contribution in [0, 0.1) is 10.1 Å². The third-order valence-electron chi connectivity index (χ3n) is 2.54. The smallest absolute Gasteiger partial charge is 0.320 e. The molecule has 1 aromatic carbocycles. The van der Waals surface area contributed by atoms with Gasteiger partial charge in [-0.15, -0.1) is 0 Å².